The van der Waals surface area contributed by atoms with Crippen molar-refractivity contribution >= 4 is 23.0 Å². The first-order valence-corrected chi connectivity index (χ1v) is 11.6. The van der Waals surface area contributed by atoms with Crippen LogP contribution in [0.15, 0.2) is 66.7 Å². The van der Waals surface area contributed by atoms with E-state index in [0.29, 0.717) is 5.56 Å². The molecule has 0 amide bonds. The molecular weight excluding hydrogens is 410 g/mol. The molecule has 0 saturated carbocycles. The zero-order chi connectivity index (χ0) is 23.2. The fourth-order valence-electron chi connectivity index (χ4n) is 5.01. The first-order valence-electron chi connectivity index (χ1n) is 11.6. The highest BCUT2D eigenvalue weighted by molar-refractivity contribution is 5.97. The molecule has 5 heteroatoms. The van der Waals surface area contributed by atoms with Crippen LogP contribution in [0.25, 0.3) is 0 Å². The van der Waals surface area contributed by atoms with E-state index in [1.54, 1.807) is 0 Å². The number of esters is 1. The first-order chi connectivity index (χ1) is 15.9. The molecule has 170 valence electrons. The highest BCUT2D eigenvalue weighted by Crippen LogP contribution is 2.48. The molecular formula is C28H31N3O2. The molecule has 0 radical (unpaired) electrons. The predicted octanol–water partition coefficient (Wildman–Crippen LogP) is 4.88. The number of hydrogen-bond acceptors (Lipinski definition) is 5. The summed E-state index contributed by atoms with van der Waals surface area (Å²) in [7, 11) is 8.09. The van der Waals surface area contributed by atoms with Crippen LogP contribution in [0.4, 0.5) is 17.1 Å². The van der Waals surface area contributed by atoms with Gasteiger partial charge in [-0.15, -0.1) is 0 Å². The number of benzene rings is 3. The smallest absolute Gasteiger partial charge is 0.340 e. The molecule has 5 nitrogen and oxygen atoms in total. The van der Waals surface area contributed by atoms with Crippen LogP contribution < -0.4 is 14.7 Å². The Morgan fingerprint density at radius 1 is 0.758 bits per heavy atom. The Hall–Kier alpha value is -3.47. The van der Waals surface area contributed by atoms with Crippen molar-refractivity contribution in [3.05, 3.63) is 89.0 Å². The summed E-state index contributed by atoms with van der Waals surface area (Å²) >= 11 is 0. The number of rotatable bonds is 5. The van der Waals surface area contributed by atoms with Crippen molar-refractivity contribution < 1.29 is 9.53 Å². The molecule has 3 aromatic rings. The highest BCUT2D eigenvalue weighted by atomic mass is 16.6. The van der Waals surface area contributed by atoms with Crippen LogP contribution in [0.3, 0.4) is 0 Å². The van der Waals surface area contributed by atoms with Gasteiger partial charge in [0.2, 0.25) is 0 Å². The van der Waals surface area contributed by atoms with E-state index in [9.17, 15) is 4.79 Å². The Kier molecular flexibility index (Phi) is 5.28. The summed E-state index contributed by atoms with van der Waals surface area (Å²) in [5, 5.41) is 0. The molecule has 5 rings (SSSR count). The molecule has 0 spiro atoms. The molecule has 2 aliphatic rings. The van der Waals surface area contributed by atoms with Crippen LogP contribution in [0.1, 0.15) is 39.9 Å². The van der Waals surface area contributed by atoms with Crippen LogP contribution in [0.5, 0.6) is 0 Å². The summed E-state index contributed by atoms with van der Waals surface area (Å²) in [6, 6.07) is 22.9. The van der Waals surface area contributed by atoms with Crippen molar-refractivity contribution in [3.8, 4) is 0 Å². The lowest BCUT2D eigenvalue weighted by Gasteiger charge is -2.31. The Morgan fingerprint density at radius 2 is 1.27 bits per heavy atom. The van der Waals surface area contributed by atoms with E-state index < -0.39 is 5.60 Å². The molecule has 33 heavy (non-hydrogen) atoms. The standard InChI is InChI=1S/C28H31N3O2/c1-29(2)22-11-7-20(8-12-22)28(21-9-13-23(14-10-21)30(3)4)26-16-15-24(31-17-5-6-18-31)19-25(26)27(32)33-28/h7-16,19H,5-6,17-18H2,1-4H3. The quantitative estimate of drug-likeness (QED) is 0.528. The second kappa shape index (κ2) is 8.14. The fraction of sp³-hybridized carbons (Fsp3) is 0.321. The van der Waals surface area contributed by atoms with E-state index in [0.717, 1.165) is 46.8 Å². The van der Waals surface area contributed by atoms with Crippen molar-refractivity contribution in [1.82, 2.24) is 0 Å². The minimum Gasteiger partial charge on any atom is -0.441 e. The summed E-state index contributed by atoms with van der Waals surface area (Å²) < 4.78 is 6.33. The number of fused-ring (bicyclic) bond motifs is 1. The van der Waals surface area contributed by atoms with E-state index in [2.05, 4.69) is 75.4 Å². The van der Waals surface area contributed by atoms with Gasteiger partial charge in [-0.3, -0.25) is 0 Å². The molecule has 0 unspecified atom stereocenters. The lowest BCUT2D eigenvalue weighted by atomic mass is 9.79. The SMILES string of the molecule is CN(C)c1ccc(C2(c3ccc(N(C)C)cc3)OC(=O)c3cc(N4CCCC4)ccc32)cc1. The van der Waals surface area contributed by atoms with Crippen LogP contribution in [-0.2, 0) is 10.3 Å². The number of hydrogen-bond donors (Lipinski definition) is 0. The van der Waals surface area contributed by atoms with Crippen LogP contribution in [0, 0.1) is 0 Å². The summed E-state index contributed by atoms with van der Waals surface area (Å²) in [5.41, 5.74) is 5.81. The second-order valence-electron chi connectivity index (χ2n) is 9.38. The van der Waals surface area contributed by atoms with Gasteiger partial charge < -0.3 is 19.4 Å². The zero-order valence-electron chi connectivity index (χ0n) is 19.8. The third-order valence-electron chi connectivity index (χ3n) is 6.90. The van der Waals surface area contributed by atoms with E-state index in [1.165, 1.54) is 12.8 Å². The molecule has 1 saturated heterocycles. The first kappa shape index (κ1) is 21.4. The third kappa shape index (κ3) is 3.52. The summed E-state index contributed by atoms with van der Waals surface area (Å²) in [4.78, 5) is 19.8. The molecule has 1 fully saturated rings. The Morgan fingerprint density at radius 3 is 1.76 bits per heavy atom. The summed E-state index contributed by atoms with van der Waals surface area (Å²) in [6.45, 7) is 2.08. The van der Waals surface area contributed by atoms with Gasteiger partial charge in [-0.2, -0.15) is 0 Å². The third-order valence-corrected chi connectivity index (χ3v) is 6.90. The monoisotopic (exact) mass is 441 g/mol. The largest absolute Gasteiger partial charge is 0.441 e. The molecule has 0 aromatic heterocycles. The van der Waals surface area contributed by atoms with Crippen molar-refractivity contribution in [1.29, 1.82) is 0 Å². The molecule has 0 aliphatic carbocycles. The topological polar surface area (TPSA) is 36.0 Å². The van der Waals surface area contributed by atoms with Gasteiger partial charge in [-0.25, -0.2) is 4.79 Å². The van der Waals surface area contributed by atoms with E-state index in [-0.39, 0.29) is 5.97 Å². The lowest BCUT2D eigenvalue weighted by Crippen LogP contribution is -2.29. The highest BCUT2D eigenvalue weighted by Gasteiger charge is 2.48. The maximum atomic E-state index is 13.3. The van der Waals surface area contributed by atoms with Crippen LogP contribution >= 0.6 is 0 Å². The van der Waals surface area contributed by atoms with Gasteiger partial charge in [0.05, 0.1) is 5.56 Å². The van der Waals surface area contributed by atoms with E-state index in [4.69, 9.17) is 4.74 Å². The molecule has 2 heterocycles. The Bertz CT molecular complexity index is 1110. The normalized spacial score (nSPS) is 16.5. The summed E-state index contributed by atoms with van der Waals surface area (Å²) in [5.74, 6) is -0.264. The number of anilines is 3. The maximum absolute atomic E-state index is 13.3. The van der Waals surface area contributed by atoms with Gasteiger partial charge in [0.1, 0.15) is 0 Å². The minimum absolute atomic E-state index is 0.264. The van der Waals surface area contributed by atoms with Crippen molar-refractivity contribution in [2.75, 3.05) is 56.0 Å². The maximum Gasteiger partial charge on any atom is 0.340 e. The zero-order valence-corrected chi connectivity index (χ0v) is 19.8. The second-order valence-corrected chi connectivity index (χ2v) is 9.38. The fourth-order valence-corrected chi connectivity index (χ4v) is 5.01. The predicted molar refractivity (Wildman–Crippen MR) is 135 cm³/mol. The van der Waals surface area contributed by atoms with Gasteiger partial charge in [0.15, 0.2) is 5.60 Å². The number of carbonyl (C=O) groups is 1. The van der Waals surface area contributed by atoms with Gasteiger partial charge in [0.25, 0.3) is 0 Å². The average molecular weight is 442 g/mol. The molecule has 0 atom stereocenters. The van der Waals surface area contributed by atoms with Crippen LogP contribution in [0.2, 0.25) is 0 Å². The number of nitrogens with zero attached hydrogens (tertiary/aromatic N) is 3. The Labute approximate surface area is 196 Å². The van der Waals surface area contributed by atoms with Gasteiger partial charge in [-0.05, 0) is 49.2 Å². The molecule has 3 aromatic carbocycles. The number of cyclic esters (lactones) is 1. The molecule has 0 N–H and O–H groups in total. The molecule has 0 bridgehead atoms. The van der Waals surface area contributed by atoms with Crippen molar-refractivity contribution in [3.63, 3.8) is 0 Å². The number of carbonyl (C=O) groups excluding carboxylic acids is 1. The van der Waals surface area contributed by atoms with Crippen LogP contribution in [-0.4, -0.2) is 47.2 Å². The van der Waals surface area contributed by atoms with E-state index in [1.807, 2.05) is 34.3 Å². The van der Waals surface area contributed by atoms with Gasteiger partial charge >= 0.3 is 5.97 Å². The lowest BCUT2D eigenvalue weighted by molar-refractivity contribution is 0.0251. The van der Waals surface area contributed by atoms with Gasteiger partial charge in [0, 0.05) is 75.0 Å². The average Bonchev–Trinajstić information content (AvgIpc) is 3.46. The minimum atomic E-state index is -0.967. The Balaban J connectivity index is 1.68. The molecule has 2 aliphatic heterocycles. The van der Waals surface area contributed by atoms with E-state index >= 15 is 0 Å². The number of ether oxygens (including phenoxy) is 1. The summed E-state index contributed by atoms with van der Waals surface area (Å²) in [6.07, 6.45) is 2.39. The van der Waals surface area contributed by atoms with Gasteiger partial charge in [-0.1, -0.05) is 30.3 Å². The van der Waals surface area contributed by atoms with Crippen molar-refractivity contribution in [2.24, 2.45) is 0 Å². The van der Waals surface area contributed by atoms with Crippen molar-refractivity contribution in [2.45, 2.75) is 18.4 Å².